The summed E-state index contributed by atoms with van der Waals surface area (Å²) >= 11 is 0. The third-order valence-electron chi connectivity index (χ3n) is 5.60. The van der Waals surface area contributed by atoms with Crippen LogP contribution in [0.5, 0.6) is 5.75 Å². The van der Waals surface area contributed by atoms with Crippen LogP contribution in [-0.2, 0) is 16.7 Å². The number of nitrogens with zero attached hydrogens (tertiary/aromatic N) is 1. The monoisotopic (exact) mass is 399 g/mol. The molecule has 3 rings (SSSR count). The average Bonchev–Trinajstić information content (AvgIpc) is 2.75. The second kappa shape index (κ2) is 9.74. The van der Waals surface area contributed by atoms with Gasteiger partial charge in [0.05, 0.1) is 7.11 Å². The Morgan fingerprint density at radius 1 is 1.17 bits per heavy atom. The lowest BCUT2D eigenvalue weighted by atomic mass is 9.73. The van der Waals surface area contributed by atoms with Crippen LogP contribution in [0.25, 0.3) is 0 Å². The Kier molecular flexibility index (Phi) is 7.09. The molecule has 0 saturated carbocycles. The number of halogens is 1. The van der Waals surface area contributed by atoms with E-state index in [-0.39, 0.29) is 11.2 Å². The molecule has 6 heteroatoms. The van der Waals surface area contributed by atoms with Crippen LogP contribution in [-0.4, -0.2) is 39.9 Å². The van der Waals surface area contributed by atoms with Gasteiger partial charge in [0.2, 0.25) is 0 Å². The molecule has 1 heterocycles. The molecule has 0 aromatic heterocycles. The van der Waals surface area contributed by atoms with Crippen molar-refractivity contribution < 1.29 is 13.9 Å². The van der Waals surface area contributed by atoms with Crippen LogP contribution in [0.4, 0.5) is 4.39 Å². The van der Waals surface area contributed by atoms with Crippen molar-refractivity contribution in [3.8, 4) is 5.75 Å². The number of hydrogen-bond donors (Lipinski definition) is 2. The van der Waals surface area contributed by atoms with E-state index in [4.69, 9.17) is 9.47 Å². The van der Waals surface area contributed by atoms with Gasteiger partial charge in [0, 0.05) is 49.9 Å². The van der Waals surface area contributed by atoms with Crippen molar-refractivity contribution in [1.29, 1.82) is 0 Å². The molecule has 5 nitrogen and oxygen atoms in total. The first-order valence-electron chi connectivity index (χ1n) is 9.99. The predicted octanol–water partition coefficient (Wildman–Crippen LogP) is 3.56. The maximum Gasteiger partial charge on any atom is 0.191 e. The van der Waals surface area contributed by atoms with Crippen LogP contribution in [0.1, 0.15) is 29.5 Å². The molecule has 1 aliphatic rings. The number of hydrogen-bond acceptors (Lipinski definition) is 3. The highest BCUT2D eigenvalue weighted by Crippen LogP contribution is 2.40. The Hall–Kier alpha value is -2.60. The molecule has 0 radical (unpaired) electrons. The topological polar surface area (TPSA) is 54.9 Å². The Labute approximate surface area is 172 Å². The van der Waals surface area contributed by atoms with Crippen molar-refractivity contribution in [2.24, 2.45) is 4.99 Å². The molecule has 1 fully saturated rings. The lowest BCUT2D eigenvalue weighted by Crippen LogP contribution is -2.48. The quantitative estimate of drug-likeness (QED) is 0.576. The summed E-state index contributed by atoms with van der Waals surface area (Å²) in [5.74, 6) is 1.32. The minimum absolute atomic E-state index is 0.120. The molecule has 29 heavy (non-hydrogen) atoms. The molecule has 0 spiro atoms. The maximum atomic E-state index is 13.9. The van der Waals surface area contributed by atoms with E-state index in [9.17, 15) is 4.39 Å². The van der Waals surface area contributed by atoms with Crippen molar-refractivity contribution in [2.75, 3.05) is 33.9 Å². The summed E-state index contributed by atoms with van der Waals surface area (Å²) < 4.78 is 25.2. The number of aliphatic imine (C=N–C) groups is 1. The molecule has 0 atom stereocenters. The molecule has 1 saturated heterocycles. The number of nitrogens with one attached hydrogen (secondary N) is 2. The van der Waals surface area contributed by atoms with Gasteiger partial charge in [-0.3, -0.25) is 4.99 Å². The SMILES string of the molecule is CN=C(NCc1ccccc1F)NCC1(c2cc(C)ccc2OC)CCOCC1. The lowest BCUT2D eigenvalue weighted by Gasteiger charge is -2.39. The van der Waals surface area contributed by atoms with Gasteiger partial charge < -0.3 is 20.1 Å². The van der Waals surface area contributed by atoms with Crippen LogP contribution in [0.3, 0.4) is 0 Å². The van der Waals surface area contributed by atoms with Crippen LogP contribution in [0.15, 0.2) is 47.5 Å². The highest BCUT2D eigenvalue weighted by atomic mass is 19.1. The fraction of sp³-hybridized carbons (Fsp3) is 0.435. The second-order valence-corrected chi connectivity index (χ2v) is 7.47. The maximum absolute atomic E-state index is 13.9. The standard InChI is InChI=1S/C23H30FN3O2/c1-17-8-9-21(28-3)19(14-17)23(10-12-29-13-11-23)16-27-22(25-2)26-15-18-6-4-5-7-20(18)24/h4-9,14H,10-13,15-16H2,1-3H3,(H2,25,26,27). The molecular formula is C23H30FN3O2. The number of benzene rings is 2. The average molecular weight is 400 g/mol. The predicted molar refractivity (Wildman–Crippen MR) is 114 cm³/mol. The van der Waals surface area contributed by atoms with E-state index < -0.39 is 0 Å². The summed E-state index contributed by atoms with van der Waals surface area (Å²) in [4.78, 5) is 4.31. The Morgan fingerprint density at radius 2 is 1.93 bits per heavy atom. The molecule has 2 aromatic carbocycles. The molecule has 2 N–H and O–H groups in total. The highest BCUT2D eigenvalue weighted by molar-refractivity contribution is 5.79. The number of ether oxygens (including phenoxy) is 2. The van der Waals surface area contributed by atoms with Gasteiger partial charge in [-0.05, 0) is 31.9 Å². The van der Waals surface area contributed by atoms with Gasteiger partial charge in [-0.25, -0.2) is 4.39 Å². The van der Waals surface area contributed by atoms with Crippen molar-refractivity contribution in [3.05, 3.63) is 65.0 Å². The largest absolute Gasteiger partial charge is 0.496 e. The molecule has 156 valence electrons. The van der Waals surface area contributed by atoms with Crippen molar-refractivity contribution in [1.82, 2.24) is 10.6 Å². The van der Waals surface area contributed by atoms with E-state index in [1.807, 2.05) is 12.1 Å². The van der Waals surface area contributed by atoms with E-state index in [1.165, 1.54) is 17.2 Å². The molecule has 2 aromatic rings. The Balaban J connectivity index is 1.75. The van der Waals surface area contributed by atoms with E-state index in [0.29, 0.717) is 37.8 Å². The summed E-state index contributed by atoms with van der Waals surface area (Å²) in [5, 5.41) is 6.66. The van der Waals surface area contributed by atoms with Gasteiger partial charge in [0.1, 0.15) is 11.6 Å². The zero-order valence-corrected chi connectivity index (χ0v) is 17.4. The zero-order valence-electron chi connectivity index (χ0n) is 17.4. The zero-order chi connectivity index (χ0) is 20.7. The van der Waals surface area contributed by atoms with Crippen molar-refractivity contribution >= 4 is 5.96 Å². The summed E-state index contributed by atoms with van der Waals surface area (Å²) in [7, 11) is 3.43. The van der Waals surface area contributed by atoms with Gasteiger partial charge >= 0.3 is 0 Å². The van der Waals surface area contributed by atoms with E-state index in [0.717, 1.165) is 18.6 Å². The van der Waals surface area contributed by atoms with Crippen molar-refractivity contribution in [2.45, 2.75) is 31.7 Å². The van der Waals surface area contributed by atoms with Gasteiger partial charge in [-0.15, -0.1) is 0 Å². The van der Waals surface area contributed by atoms with Crippen LogP contribution >= 0.6 is 0 Å². The van der Waals surface area contributed by atoms with Crippen LogP contribution in [0.2, 0.25) is 0 Å². The molecule has 0 aliphatic carbocycles. The minimum Gasteiger partial charge on any atom is -0.496 e. The molecule has 0 bridgehead atoms. The number of guanidine groups is 1. The van der Waals surface area contributed by atoms with Gasteiger partial charge in [0.15, 0.2) is 5.96 Å². The third kappa shape index (κ3) is 5.07. The fourth-order valence-electron chi connectivity index (χ4n) is 3.83. The second-order valence-electron chi connectivity index (χ2n) is 7.47. The first-order valence-corrected chi connectivity index (χ1v) is 9.99. The molecule has 1 aliphatic heterocycles. The summed E-state index contributed by atoms with van der Waals surface area (Å²) in [6.07, 6.45) is 1.79. The van der Waals surface area contributed by atoms with Gasteiger partial charge in [-0.1, -0.05) is 35.9 Å². The number of aryl methyl sites for hydroxylation is 1. The molecule has 0 amide bonds. The first kappa shape index (κ1) is 21.1. The molecule has 0 unspecified atom stereocenters. The third-order valence-corrected chi connectivity index (χ3v) is 5.60. The van der Waals surface area contributed by atoms with E-state index >= 15 is 0 Å². The van der Waals surface area contributed by atoms with E-state index in [2.05, 4.69) is 34.7 Å². The van der Waals surface area contributed by atoms with Gasteiger partial charge in [-0.2, -0.15) is 0 Å². The highest BCUT2D eigenvalue weighted by Gasteiger charge is 2.37. The van der Waals surface area contributed by atoms with Crippen molar-refractivity contribution in [3.63, 3.8) is 0 Å². The number of rotatable bonds is 6. The van der Waals surface area contributed by atoms with Gasteiger partial charge in [0.25, 0.3) is 0 Å². The fourth-order valence-corrected chi connectivity index (χ4v) is 3.83. The summed E-state index contributed by atoms with van der Waals surface area (Å²) in [5.41, 5.74) is 2.89. The van der Waals surface area contributed by atoms with Crippen LogP contribution < -0.4 is 15.4 Å². The lowest BCUT2D eigenvalue weighted by molar-refractivity contribution is 0.0505. The van der Waals surface area contributed by atoms with Crippen LogP contribution in [0, 0.1) is 12.7 Å². The smallest absolute Gasteiger partial charge is 0.191 e. The minimum atomic E-state index is -0.221. The normalized spacial score (nSPS) is 16.3. The summed E-state index contributed by atoms with van der Waals surface area (Å²) in [6.45, 7) is 4.57. The van der Waals surface area contributed by atoms with E-state index in [1.54, 1.807) is 26.3 Å². The summed E-state index contributed by atoms with van der Waals surface area (Å²) in [6, 6.07) is 13.1. The first-order chi connectivity index (χ1) is 14.1. The molecular weight excluding hydrogens is 369 g/mol. The Bertz CT molecular complexity index is 848. The number of methoxy groups -OCH3 is 1. The Morgan fingerprint density at radius 3 is 2.62 bits per heavy atom.